The van der Waals surface area contributed by atoms with Crippen LogP contribution in [0.4, 0.5) is 11.4 Å². The number of nitrogens with zero attached hydrogens (tertiary/aromatic N) is 3. The third-order valence-electron chi connectivity index (χ3n) is 7.21. The molecule has 1 N–H and O–H groups in total. The number of carbonyl (C=O) groups is 1. The summed E-state index contributed by atoms with van der Waals surface area (Å²) in [7, 11) is 4.27. The predicted octanol–water partition coefficient (Wildman–Crippen LogP) is 5.07. The summed E-state index contributed by atoms with van der Waals surface area (Å²) in [5, 5.41) is 5.85. The minimum absolute atomic E-state index is 0.174. The first-order valence-electron chi connectivity index (χ1n) is 13.2. The lowest BCUT2D eigenvalue weighted by molar-refractivity contribution is 0.112. The van der Waals surface area contributed by atoms with Gasteiger partial charge in [-0.05, 0) is 59.8 Å². The van der Waals surface area contributed by atoms with Crippen molar-refractivity contribution in [1.82, 2.24) is 10.2 Å². The summed E-state index contributed by atoms with van der Waals surface area (Å²) in [6, 6.07) is 25.6. The molecule has 0 aliphatic carbocycles. The van der Waals surface area contributed by atoms with Crippen LogP contribution in [0.3, 0.4) is 0 Å². The van der Waals surface area contributed by atoms with E-state index in [0.717, 1.165) is 57.8 Å². The van der Waals surface area contributed by atoms with Crippen LogP contribution in [0, 0.1) is 0 Å². The van der Waals surface area contributed by atoms with E-state index in [0.29, 0.717) is 5.56 Å². The standard InChI is InChI=1S/C31H36N4O2S/c1-33(16-15-24-7-11-29(12-8-24)35-17-19-37-20-18-35)28-13-9-27(10-14-28)30-23-38-31(32-30)34(2)21-25-3-5-26(22-36)6-4-25/h3-14,22-23,31-32H,15-21H2,1-2H3. The van der Waals surface area contributed by atoms with E-state index >= 15 is 0 Å². The van der Waals surface area contributed by atoms with Gasteiger partial charge in [-0.2, -0.15) is 0 Å². The van der Waals surface area contributed by atoms with Gasteiger partial charge in [0.15, 0.2) is 0 Å². The molecule has 0 saturated carbocycles. The molecule has 38 heavy (non-hydrogen) atoms. The Bertz CT molecular complexity index is 1220. The monoisotopic (exact) mass is 528 g/mol. The topological polar surface area (TPSA) is 48.1 Å². The fourth-order valence-corrected chi connectivity index (χ4v) is 5.73. The van der Waals surface area contributed by atoms with E-state index in [9.17, 15) is 4.79 Å². The molecule has 0 aromatic heterocycles. The molecule has 198 valence electrons. The zero-order valence-electron chi connectivity index (χ0n) is 22.2. The van der Waals surface area contributed by atoms with E-state index in [1.165, 1.54) is 28.1 Å². The molecule has 0 radical (unpaired) electrons. The van der Waals surface area contributed by atoms with E-state index in [4.69, 9.17) is 4.74 Å². The van der Waals surface area contributed by atoms with E-state index in [-0.39, 0.29) is 5.50 Å². The summed E-state index contributed by atoms with van der Waals surface area (Å²) in [6.45, 7) is 5.34. The maximum atomic E-state index is 10.9. The molecule has 2 heterocycles. The average Bonchev–Trinajstić information content (AvgIpc) is 3.48. The number of ether oxygens (including phenoxy) is 1. The van der Waals surface area contributed by atoms with Crippen molar-refractivity contribution in [2.24, 2.45) is 0 Å². The van der Waals surface area contributed by atoms with Crippen LogP contribution in [0.2, 0.25) is 0 Å². The molecule has 0 amide bonds. The molecule has 2 aliphatic rings. The van der Waals surface area contributed by atoms with Gasteiger partial charge in [-0.3, -0.25) is 9.69 Å². The first kappa shape index (κ1) is 26.4. The van der Waals surface area contributed by atoms with Gasteiger partial charge in [0.05, 0.1) is 13.2 Å². The van der Waals surface area contributed by atoms with Crippen molar-refractivity contribution in [3.05, 3.63) is 100 Å². The van der Waals surface area contributed by atoms with Crippen LogP contribution in [-0.4, -0.2) is 63.6 Å². The molecule has 3 aromatic rings. The molecule has 2 aliphatic heterocycles. The van der Waals surface area contributed by atoms with Gasteiger partial charge < -0.3 is 19.9 Å². The van der Waals surface area contributed by atoms with Crippen molar-refractivity contribution < 1.29 is 9.53 Å². The number of rotatable bonds is 10. The lowest BCUT2D eigenvalue weighted by Crippen LogP contribution is -2.36. The molecule has 1 unspecified atom stereocenters. The zero-order valence-corrected chi connectivity index (χ0v) is 23.0. The van der Waals surface area contributed by atoms with Crippen LogP contribution >= 0.6 is 11.8 Å². The molecule has 0 spiro atoms. The number of hydrogen-bond acceptors (Lipinski definition) is 7. The largest absolute Gasteiger partial charge is 0.378 e. The highest BCUT2D eigenvalue weighted by Crippen LogP contribution is 2.30. The van der Waals surface area contributed by atoms with Crippen LogP contribution in [0.1, 0.15) is 27.0 Å². The molecule has 6 nitrogen and oxygen atoms in total. The lowest BCUT2D eigenvalue weighted by Gasteiger charge is -2.29. The normalized spacial score (nSPS) is 17.3. The lowest BCUT2D eigenvalue weighted by atomic mass is 10.1. The van der Waals surface area contributed by atoms with Crippen LogP contribution in [-0.2, 0) is 17.7 Å². The van der Waals surface area contributed by atoms with Crippen molar-refractivity contribution in [2.45, 2.75) is 18.5 Å². The molecule has 1 saturated heterocycles. The Morgan fingerprint density at radius 2 is 1.63 bits per heavy atom. The molecular formula is C31H36N4O2S. The van der Waals surface area contributed by atoms with Gasteiger partial charge >= 0.3 is 0 Å². The number of carbonyl (C=O) groups excluding carboxylic acids is 1. The van der Waals surface area contributed by atoms with Crippen LogP contribution in [0.25, 0.3) is 5.70 Å². The Morgan fingerprint density at radius 3 is 2.32 bits per heavy atom. The molecule has 7 heteroatoms. The van der Waals surface area contributed by atoms with Gasteiger partial charge in [-0.1, -0.05) is 60.3 Å². The Hall–Kier alpha value is -3.26. The van der Waals surface area contributed by atoms with Crippen molar-refractivity contribution in [3.63, 3.8) is 0 Å². The van der Waals surface area contributed by atoms with Gasteiger partial charge in [-0.25, -0.2) is 0 Å². The SMILES string of the molecule is CN(CCc1ccc(N2CCOCC2)cc1)c1ccc(C2=CSC(N(C)Cc3ccc(C=O)cc3)N2)cc1. The predicted molar refractivity (Wildman–Crippen MR) is 159 cm³/mol. The van der Waals surface area contributed by atoms with E-state index < -0.39 is 0 Å². The van der Waals surface area contributed by atoms with Gasteiger partial charge in [0.25, 0.3) is 0 Å². The average molecular weight is 529 g/mol. The molecule has 1 fully saturated rings. The number of anilines is 2. The number of thioether (sulfide) groups is 1. The fraction of sp³-hybridized carbons (Fsp3) is 0.323. The quantitative estimate of drug-likeness (QED) is 0.369. The highest BCUT2D eigenvalue weighted by molar-refractivity contribution is 8.03. The van der Waals surface area contributed by atoms with Crippen LogP contribution in [0.15, 0.2) is 78.2 Å². The maximum Gasteiger partial charge on any atom is 0.150 e. The smallest absolute Gasteiger partial charge is 0.150 e. The minimum atomic E-state index is 0.174. The zero-order chi connectivity index (χ0) is 26.3. The van der Waals surface area contributed by atoms with E-state index in [1.807, 2.05) is 24.3 Å². The number of nitrogens with one attached hydrogen (secondary N) is 1. The highest BCUT2D eigenvalue weighted by Gasteiger charge is 2.22. The van der Waals surface area contributed by atoms with Crippen molar-refractivity contribution >= 4 is 35.1 Å². The number of likely N-dealkylation sites (N-methyl/N-ethyl adjacent to an activating group) is 1. The molecule has 3 aromatic carbocycles. The second-order valence-corrected chi connectivity index (χ2v) is 10.9. The summed E-state index contributed by atoms with van der Waals surface area (Å²) in [5.74, 6) is 0. The molecule has 5 rings (SSSR count). The number of aldehydes is 1. The third-order valence-corrected chi connectivity index (χ3v) is 8.32. The first-order valence-corrected chi connectivity index (χ1v) is 14.1. The third kappa shape index (κ3) is 6.59. The summed E-state index contributed by atoms with van der Waals surface area (Å²) < 4.78 is 5.46. The van der Waals surface area contributed by atoms with Crippen molar-refractivity contribution in [3.8, 4) is 0 Å². The van der Waals surface area contributed by atoms with Crippen molar-refractivity contribution in [2.75, 3.05) is 56.7 Å². The Kier molecular flexibility index (Phi) is 8.68. The van der Waals surface area contributed by atoms with E-state index in [1.54, 1.807) is 11.8 Å². The van der Waals surface area contributed by atoms with Gasteiger partial charge in [0.1, 0.15) is 11.8 Å². The van der Waals surface area contributed by atoms with Gasteiger partial charge in [0.2, 0.25) is 0 Å². The summed E-state index contributed by atoms with van der Waals surface area (Å²) in [4.78, 5) is 17.9. The first-order chi connectivity index (χ1) is 18.6. The Balaban J connectivity index is 1.10. The fourth-order valence-electron chi connectivity index (χ4n) is 4.79. The van der Waals surface area contributed by atoms with E-state index in [2.05, 4.69) is 88.1 Å². The highest BCUT2D eigenvalue weighted by atomic mass is 32.2. The second kappa shape index (κ2) is 12.5. The molecule has 0 bridgehead atoms. The van der Waals surface area contributed by atoms with Crippen LogP contribution in [0.5, 0.6) is 0 Å². The van der Waals surface area contributed by atoms with Gasteiger partial charge in [0, 0.05) is 55.9 Å². The maximum absolute atomic E-state index is 10.9. The minimum Gasteiger partial charge on any atom is -0.378 e. The number of morpholine rings is 1. The number of hydrogen-bond donors (Lipinski definition) is 1. The second-order valence-electron chi connectivity index (χ2n) is 9.92. The molecular weight excluding hydrogens is 492 g/mol. The summed E-state index contributed by atoms with van der Waals surface area (Å²) in [6.07, 6.45) is 1.89. The van der Waals surface area contributed by atoms with Gasteiger partial charge in [-0.15, -0.1) is 0 Å². The Morgan fingerprint density at radius 1 is 0.947 bits per heavy atom. The summed E-state index contributed by atoms with van der Waals surface area (Å²) in [5.41, 5.74) is 8.28. The Labute approximate surface area is 230 Å². The molecule has 1 atom stereocenters. The van der Waals surface area contributed by atoms with Crippen LogP contribution < -0.4 is 15.1 Å². The summed E-state index contributed by atoms with van der Waals surface area (Å²) >= 11 is 1.78. The number of benzene rings is 3. The van der Waals surface area contributed by atoms with Crippen molar-refractivity contribution in [1.29, 1.82) is 0 Å².